The van der Waals surface area contributed by atoms with Crippen LogP contribution in [-0.2, 0) is 0 Å². The molecule has 5 heteroatoms. The lowest BCUT2D eigenvalue weighted by Gasteiger charge is -2.12. The smallest absolute Gasteiger partial charge is 0.200 e. The SMILES string of the molecule is CCN(C)C=Nc1cc(C)c(C(=O)COc2ccc(C)c(Br)c2)cc1C. The van der Waals surface area contributed by atoms with Crippen molar-refractivity contribution in [2.24, 2.45) is 4.99 Å². The van der Waals surface area contributed by atoms with Gasteiger partial charge in [-0.3, -0.25) is 4.79 Å². The Labute approximate surface area is 164 Å². The number of hydrogen-bond acceptors (Lipinski definition) is 3. The van der Waals surface area contributed by atoms with Gasteiger partial charge in [0.25, 0.3) is 0 Å². The van der Waals surface area contributed by atoms with Crippen LogP contribution < -0.4 is 4.74 Å². The summed E-state index contributed by atoms with van der Waals surface area (Å²) in [4.78, 5) is 19.1. The molecule has 0 fully saturated rings. The Hall–Kier alpha value is -2.14. The molecule has 0 bridgehead atoms. The molecule has 0 atom stereocenters. The molecule has 0 saturated carbocycles. The van der Waals surface area contributed by atoms with E-state index in [1.807, 2.05) is 69.4 Å². The number of Topliss-reactive ketones (excluding diaryl/α,β-unsaturated/α-hetero) is 1. The van der Waals surface area contributed by atoms with Crippen molar-refractivity contribution < 1.29 is 9.53 Å². The first-order chi connectivity index (χ1) is 12.3. The number of aliphatic imine (C=N–C) groups is 1. The van der Waals surface area contributed by atoms with Crippen molar-refractivity contribution in [3.63, 3.8) is 0 Å². The average Bonchev–Trinajstić information content (AvgIpc) is 2.62. The summed E-state index contributed by atoms with van der Waals surface area (Å²) in [5.74, 6) is 0.637. The molecule has 26 heavy (non-hydrogen) atoms. The van der Waals surface area contributed by atoms with Gasteiger partial charge in [0.2, 0.25) is 0 Å². The van der Waals surface area contributed by atoms with E-state index in [0.717, 1.165) is 33.4 Å². The van der Waals surface area contributed by atoms with Crippen LogP contribution in [0, 0.1) is 20.8 Å². The van der Waals surface area contributed by atoms with E-state index in [2.05, 4.69) is 27.8 Å². The van der Waals surface area contributed by atoms with Crippen LogP contribution >= 0.6 is 15.9 Å². The van der Waals surface area contributed by atoms with Gasteiger partial charge in [0.05, 0.1) is 12.0 Å². The van der Waals surface area contributed by atoms with Crippen molar-refractivity contribution in [1.82, 2.24) is 4.90 Å². The molecule has 0 spiro atoms. The van der Waals surface area contributed by atoms with Gasteiger partial charge in [-0.05, 0) is 68.7 Å². The fraction of sp³-hybridized carbons (Fsp3) is 0.333. The second kappa shape index (κ2) is 8.99. The maximum Gasteiger partial charge on any atom is 0.200 e. The van der Waals surface area contributed by atoms with Gasteiger partial charge < -0.3 is 9.64 Å². The second-order valence-corrected chi connectivity index (χ2v) is 7.25. The van der Waals surface area contributed by atoms with Gasteiger partial charge in [0.1, 0.15) is 5.75 Å². The fourth-order valence-corrected chi connectivity index (χ4v) is 2.73. The number of carbonyl (C=O) groups is 1. The van der Waals surface area contributed by atoms with E-state index in [1.54, 1.807) is 0 Å². The summed E-state index contributed by atoms with van der Waals surface area (Å²) < 4.78 is 6.63. The molecule has 0 heterocycles. The van der Waals surface area contributed by atoms with Crippen molar-refractivity contribution in [1.29, 1.82) is 0 Å². The maximum absolute atomic E-state index is 12.6. The summed E-state index contributed by atoms with van der Waals surface area (Å²) in [6.45, 7) is 8.87. The minimum Gasteiger partial charge on any atom is -0.485 e. The molecule has 2 rings (SSSR count). The zero-order chi connectivity index (χ0) is 19.3. The Morgan fingerprint density at radius 2 is 1.88 bits per heavy atom. The van der Waals surface area contributed by atoms with Crippen LogP contribution in [0.25, 0.3) is 0 Å². The standard InChI is InChI=1S/C21H25BrN2O2/c1-6-24(5)13-23-20-10-15(3)18(9-16(20)4)21(25)12-26-17-8-7-14(2)19(22)11-17/h7-11,13H,6,12H2,1-5H3. The molecule has 0 radical (unpaired) electrons. The summed E-state index contributed by atoms with van der Waals surface area (Å²) in [5, 5.41) is 0. The molecule has 0 aliphatic rings. The first-order valence-corrected chi connectivity index (χ1v) is 9.39. The highest BCUT2D eigenvalue weighted by Gasteiger charge is 2.13. The Bertz CT molecular complexity index is 831. The molecule has 0 aromatic heterocycles. The predicted molar refractivity (Wildman–Crippen MR) is 111 cm³/mol. The maximum atomic E-state index is 12.6. The normalized spacial score (nSPS) is 11.0. The van der Waals surface area contributed by atoms with Gasteiger partial charge in [-0.1, -0.05) is 22.0 Å². The van der Waals surface area contributed by atoms with Crippen LogP contribution in [-0.4, -0.2) is 37.2 Å². The summed E-state index contributed by atoms with van der Waals surface area (Å²) in [6.07, 6.45) is 1.81. The molecule has 2 aromatic carbocycles. The summed E-state index contributed by atoms with van der Waals surface area (Å²) in [5.41, 5.74) is 4.55. The minimum atomic E-state index is -0.0384. The molecule has 138 valence electrons. The van der Waals surface area contributed by atoms with Gasteiger partial charge >= 0.3 is 0 Å². The molecule has 2 aromatic rings. The third kappa shape index (κ3) is 5.18. The highest BCUT2D eigenvalue weighted by Crippen LogP contribution is 2.25. The number of rotatable bonds is 7. The van der Waals surface area contributed by atoms with Crippen LogP contribution in [0.4, 0.5) is 5.69 Å². The number of ether oxygens (including phenoxy) is 1. The molecular formula is C21H25BrN2O2. The Morgan fingerprint density at radius 3 is 2.54 bits per heavy atom. The zero-order valence-corrected chi connectivity index (χ0v) is 17.6. The van der Waals surface area contributed by atoms with Gasteiger partial charge in [-0.15, -0.1) is 0 Å². The van der Waals surface area contributed by atoms with Crippen LogP contribution in [0.1, 0.15) is 34.0 Å². The summed E-state index contributed by atoms with van der Waals surface area (Å²) in [7, 11) is 1.98. The highest BCUT2D eigenvalue weighted by molar-refractivity contribution is 9.10. The number of hydrogen-bond donors (Lipinski definition) is 0. The summed E-state index contributed by atoms with van der Waals surface area (Å²) >= 11 is 3.48. The number of nitrogens with zero attached hydrogens (tertiary/aromatic N) is 2. The Kier molecular flexibility index (Phi) is 6.98. The average molecular weight is 417 g/mol. The molecule has 0 saturated heterocycles. The highest BCUT2D eigenvalue weighted by atomic mass is 79.9. The van der Waals surface area contributed by atoms with Crippen molar-refractivity contribution >= 4 is 33.7 Å². The minimum absolute atomic E-state index is 0.0109. The lowest BCUT2D eigenvalue weighted by molar-refractivity contribution is 0.0921. The third-order valence-electron chi connectivity index (χ3n) is 4.25. The first-order valence-electron chi connectivity index (χ1n) is 8.59. The first kappa shape index (κ1) is 20.2. The van der Waals surface area contributed by atoms with Crippen molar-refractivity contribution in [3.05, 3.63) is 57.1 Å². The monoisotopic (exact) mass is 416 g/mol. The number of aryl methyl sites for hydroxylation is 3. The molecular weight excluding hydrogens is 392 g/mol. The van der Waals surface area contributed by atoms with E-state index in [-0.39, 0.29) is 12.4 Å². The number of ketones is 1. The van der Waals surface area contributed by atoms with Crippen LogP contribution in [0.3, 0.4) is 0 Å². The third-order valence-corrected chi connectivity index (χ3v) is 5.10. The van der Waals surface area contributed by atoms with Gasteiger partial charge in [0.15, 0.2) is 12.4 Å². The largest absolute Gasteiger partial charge is 0.485 e. The number of halogens is 1. The molecule has 0 amide bonds. The van der Waals surface area contributed by atoms with Crippen molar-refractivity contribution in [2.45, 2.75) is 27.7 Å². The molecule has 4 nitrogen and oxygen atoms in total. The van der Waals surface area contributed by atoms with Gasteiger partial charge in [0, 0.05) is 23.6 Å². The van der Waals surface area contributed by atoms with Crippen LogP contribution in [0.5, 0.6) is 5.75 Å². The van der Waals surface area contributed by atoms with E-state index in [0.29, 0.717) is 11.3 Å². The van der Waals surface area contributed by atoms with Crippen LogP contribution in [0.15, 0.2) is 39.8 Å². The quantitative estimate of drug-likeness (QED) is 0.351. The van der Waals surface area contributed by atoms with Gasteiger partial charge in [-0.25, -0.2) is 4.99 Å². The number of benzene rings is 2. The summed E-state index contributed by atoms with van der Waals surface area (Å²) in [6, 6.07) is 9.55. The van der Waals surface area contributed by atoms with Crippen molar-refractivity contribution in [2.75, 3.05) is 20.2 Å². The molecule has 0 unspecified atom stereocenters. The second-order valence-electron chi connectivity index (χ2n) is 6.39. The van der Waals surface area contributed by atoms with E-state index >= 15 is 0 Å². The Morgan fingerprint density at radius 1 is 1.15 bits per heavy atom. The molecule has 0 N–H and O–H groups in total. The molecule has 0 aliphatic carbocycles. The van der Waals surface area contributed by atoms with E-state index in [9.17, 15) is 4.79 Å². The van der Waals surface area contributed by atoms with Gasteiger partial charge in [-0.2, -0.15) is 0 Å². The van der Waals surface area contributed by atoms with Crippen LogP contribution in [0.2, 0.25) is 0 Å². The molecule has 0 aliphatic heterocycles. The lowest BCUT2D eigenvalue weighted by Crippen LogP contribution is -2.14. The lowest BCUT2D eigenvalue weighted by atomic mass is 10.0. The zero-order valence-electron chi connectivity index (χ0n) is 16.0. The van der Waals surface area contributed by atoms with E-state index in [1.165, 1.54) is 0 Å². The van der Waals surface area contributed by atoms with Crippen molar-refractivity contribution in [3.8, 4) is 5.75 Å². The topological polar surface area (TPSA) is 41.9 Å². The predicted octanol–water partition coefficient (Wildman–Crippen LogP) is 5.25. The van der Waals surface area contributed by atoms with E-state index in [4.69, 9.17) is 4.74 Å². The van der Waals surface area contributed by atoms with E-state index < -0.39 is 0 Å². The fourth-order valence-electron chi connectivity index (χ4n) is 2.37. The Balaban J connectivity index is 2.12. The number of carbonyl (C=O) groups excluding carboxylic acids is 1.